The summed E-state index contributed by atoms with van der Waals surface area (Å²) in [5.41, 5.74) is 2.91. The number of carbonyl (C=O) groups excluding carboxylic acids is 4. The number of hydrogen-bond donors (Lipinski definition) is 1. The van der Waals surface area contributed by atoms with Gasteiger partial charge in [0.1, 0.15) is 6.04 Å². The Balaban J connectivity index is 0.000000260. The van der Waals surface area contributed by atoms with Gasteiger partial charge in [-0.1, -0.05) is 86.2 Å². The average molecular weight is 1070 g/mol. The molecule has 4 aromatic rings. The van der Waals surface area contributed by atoms with Crippen LogP contribution < -0.4 is 15.1 Å². The van der Waals surface area contributed by atoms with Crippen molar-refractivity contribution in [2.45, 2.75) is 92.5 Å². The molecule has 4 heterocycles. The van der Waals surface area contributed by atoms with E-state index in [2.05, 4.69) is 42.6 Å². The van der Waals surface area contributed by atoms with Crippen LogP contribution in [0.3, 0.4) is 0 Å². The molecule has 2 atom stereocenters. The molecule has 0 bridgehead atoms. The molecule has 2 aliphatic rings. The van der Waals surface area contributed by atoms with Crippen molar-refractivity contribution < 1.29 is 38.1 Å². The van der Waals surface area contributed by atoms with E-state index in [0.717, 1.165) is 57.0 Å². The molecule has 0 spiro atoms. The molecule has 0 radical (unpaired) electrons. The third kappa shape index (κ3) is 16.5. The number of halogens is 5. The van der Waals surface area contributed by atoms with Crippen molar-refractivity contribution in [2.75, 3.05) is 63.3 Å². The minimum Gasteiger partial charge on any atom is -0.468 e. The van der Waals surface area contributed by atoms with Gasteiger partial charge in [-0.05, 0) is 76.6 Å². The molecule has 0 aliphatic carbocycles. The van der Waals surface area contributed by atoms with E-state index in [1.54, 1.807) is 62.5 Å². The Kier molecular flexibility index (Phi) is 22.1. The molecular weight excluding hydrogens is 1010 g/mol. The number of thiazole rings is 2. The Morgan fingerprint density at radius 1 is 0.672 bits per heavy atom. The van der Waals surface area contributed by atoms with Crippen LogP contribution in [-0.4, -0.2) is 116 Å². The zero-order chi connectivity index (χ0) is 49.7. The summed E-state index contributed by atoms with van der Waals surface area (Å²) in [4.78, 5) is 64.5. The Morgan fingerprint density at radius 3 is 1.55 bits per heavy atom. The Labute approximate surface area is 426 Å². The number of carbonyl (C=O) groups is 4. The molecule has 2 unspecified atom stereocenters. The zero-order valence-electron chi connectivity index (χ0n) is 39.3. The van der Waals surface area contributed by atoms with Crippen molar-refractivity contribution in [1.82, 2.24) is 20.2 Å². The molecule has 14 nitrogen and oxygen atoms in total. The number of benzene rings is 2. The number of rotatable bonds is 12. The number of hydrogen-bond acceptors (Lipinski definition) is 15. The maximum atomic E-state index is 12.5. The highest BCUT2D eigenvalue weighted by molar-refractivity contribution is 7.16. The zero-order valence-corrected chi connectivity index (χ0v) is 44.7. The fourth-order valence-corrected chi connectivity index (χ4v) is 10.3. The summed E-state index contributed by atoms with van der Waals surface area (Å²) in [5.74, 6) is 0.211. The van der Waals surface area contributed by atoms with Gasteiger partial charge in [-0.3, -0.25) is 9.69 Å². The minimum absolute atomic E-state index is 0.106. The van der Waals surface area contributed by atoms with Gasteiger partial charge in [0.15, 0.2) is 16.3 Å². The number of methoxy groups -OCH3 is 2. The number of esters is 2. The lowest BCUT2D eigenvalue weighted by atomic mass is 10.0. The normalized spacial score (nSPS) is 16.1. The highest BCUT2D eigenvalue weighted by atomic mass is 35.5. The van der Waals surface area contributed by atoms with Crippen LogP contribution in [0.5, 0.6) is 0 Å². The summed E-state index contributed by atoms with van der Waals surface area (Å²) in [6.07, 6.45) is 0.884. The first-order valence-electron chi connectivity index (χ1n) is 21.7. The maximum Gasteiger partial charge on any atom is 0.410 e. The van der Waals surface area contributed by atoms with Gasteiger partial charge in [0.25, 0.3) is 0 Å². The van der Waals surface area contributed by atoms with Crippen LogP contribution in [0.15, 0.2) is 36.4 Å². The molecule has 1 amide bonds. The third-order valence-electron chi connectivity index (χ3n) is 9.90. The number of aromatic nitrogens is 2. The van der Waals surface area contributed by atoms with Gasteiger partial charge in [0.2, 0.25) is 0 Å². The minimum atomic E-state index is -0.777. The summed E-state index contributed by atoms with van der Waals surface area (Å²) in [6, 6.07) is 10.0. The number of piperazine rings is 2. The van der Waals surface area contributed by atoms with Crippen LogP contribution in [0, 0.1) is 11.8 Å². The summed E-state index contributed by atoms with van der Waals surface area (Å²) in [7, 11) is 2.73. The van der Waals surface area contributed by atoms with Crippen LogP contribution in [0.4, 0.5) is 19.9 Å². The fraction of sp³-hybridized carbons (Fsp3) is 0.522. The standard InChI is InChI=1S/C23H29Cl2N3O4S.C19H23Cl2N3O2S.C4H7ClO2/c1-13(2)10-19-20(15-6-7-16(24)17(25)11-15)26-22(33-19)27-8-9-28(23(30)32-14(3)4)18(12-27)21(29)31-5;1-11(2)8-16-17(12-4-5-13(20)14(21)9-12)23-19(27-16)24-7-6-22-15(10-24)18(25)26-3;1-3(2)7-4(5)6/h6-7,11,13-14,18H,8-10,12H2,1-5H3;4-5,9,11,15,22H,6-8,10H2,1-3H3;3H,1-2H3. The largest absolute Gasteiger partial charge is 0.468 e. The lowest BCUT2D eigenvalue weighted by molar-refractivity contribution is -0.146. The third-order valence-corrected chi connectivity index (χ3v) is 13.7. The summed E-state index contributed by atoms with van der Waals surface area (Å²) < 4.78 is 19.6. The molecule has 21 heteroatoms. The molecule has 1 N–H and O–H groups in total. The van der Waals surface area contributed by atoms with Crippen molar-refractivity contribution >= 4 is 114 Å². The molecule has 2 fully saturated rings. The Bertz CT molecular complexity index is 2310. The predicted octanol–water partition coefficient (Wildman–Crippen LogP) is 11.6. The fourth-order valence-electron chi connectivity index (χ4n) is 6.90. The maximum absolute atomic E-state index is 12.5. The molecule has 2 saturated heterocycles. The van der Waals surface area contributed by atoms with E-state index in [9.17, 15) is 19.2 Å². The van der Waals surface area contributed by atoms with Gasteiger partial charge >= 0.3 is 23.5 Å². The predicted molar refractivity (Wildman–Crippen MR) is 272 cm³/mol. The summed E-state index contributed by atoms with van der Waals surface area (Å²) >= 11 is 32.7. The highest BCUT2D eigenvalue weighted by Gasteiger charge is 2.38. The van der Waals surface area contributed by atoms with Gasteiger partial charge in [0, 0.05) is 65.2 Å². The lowest BCUT2D eigenvalue weighted by Gasteiger charge is -2.39. The Morgan fingerprint density at radius 2 is 1.15 bits per heavy atom. The molecule has 2 aromatic heterocycles. The molecule has 368 valence electrons. The van der Waals surface area contributed by atoms with Gasteiger partial charge in [-0.25, -0.2) is 24.4 Å². The molecule has 2 aromatic carbocycles. The second-order valence-electron chi connectivity index (χ2n) is 17.0. The van der Waals surface area contributed by atoms with Crippen LogP contribution in [0.25, 0.3) is 22.5 Å². The van der Waals surface area contributed by atoms with Crippen LogP contribution in [0.1, 0.15) is 65.1 Å². The quantitative estimate of drug-likeness (QED) is 0.0814. The molecular formula is C46H59Cl5N6O8S2. The average Bonchev–Trinajstić information content (AvgIpc) is 3.88. The van der Waals surface area contributed by atoms with Crippen LogP contribution >= 0.6 is 80.7 Å². The smallest absolute Gasteiger partial charge is 0.410 e. The molecule has 2 aliphatic heterocycles. The number of anilines is 2. The van der Waals surface area contributed by atoms with E-state index < -0.39 is 23.5 Å². The lowest BCUT2D eigenvalue weighted by Crippen LogP contribution is -2.59. The van der Waals surface area contributed by atoms with Crippen molar-refractivity contribution in [2.24, 2.45) is 11.8 Å². The second kappa shape index (κ2) is 26.4. The van der Waals surface area contributed by atoms with E-state index in [4.69, 9.17) is 82.2 Å². The number of amides is 1. The van der Waals surface area contributed by atoms with Gasteiger partial charge in [-0.2, -0.15) is 0 Å². The second-order valence-corrected chi connectivity index (χ2v) is 21.0. The van der Waals surface area contributed by atoms with Gasteiger partial charge < -0.3 is 34.1 Å². The van der Waals surface area contributed by atoms with Crippen molar-refractivity contribution in [3.05, 3.63) is 66.2 Å². The van der Waals surface area contributed by atoms with Crippen molar-refractivity contribution in [3.8, 4) is 22.5 Å². The molecule has 6 rings (SSSR count). The first-order valence-corrected chi connectivity index (χ1v) is 25.3. The summed E-state index contributed by atoms with van der Waals surface area (Å²) in [5, 5.41) is 6.92. The van der Waals surface area contributed by atoms with E-state index >= 15 is 0 Å². The number of nitrogens with zero attached hydrogens (tertiary/aromatic N) is 5. The van der Waals surface area contributed by atoms with Crippen molar-refractivity contribution in [1.29, 1.82) is 0 Å². The van der Waals surface area contributed by atoms with Crippen molar-refractivity contribution in [3.63, 3.8) is 0 Å². The number of ether oxygens (including phenoxy) is 4. The Hall–Kier alpha value is -3.61. The number of nitrogens with one attached hydrogen (secondary N) is 1. The monoisotopic (exact) mass is 1060 g/mol. The first kappa shape index (κ1) is 56.0. The first-order chi connectivity index (χ1) is 31.6. The SMILES string of the molecule is CC(C)OC(=O)Cl.COC(=O)C1CN(c2nc(-c3ccc(Cl)c(Cl)c3)c(CC(C)C)s2)CCN1.COC(=O)C1CN(c2nc(-c3ccc(Cl)c(Cl)c3)c(CC(C)C)s2)CCN1C(=O)OC(C)C. The summed E-state index contributed by atoms with van der Waals surface area (Å²) in [6.45, 7) is 18.9. The van der Waals surface area contributed by atoms with Crippen LogP contribution in [0.2, 0.25) is 20.1 Å². The van der Waals surface area contributed by atoms with Gasteiger partial charge in [0.05, 0.1) is 64.5 Å². The van der Waals surface area contributed by atoms with E-state index in [-0.39, 0.29) is 30.8 Å². The van der Waals surface area contributed by atoms with E-state index in [1.807, 2.05) is 29.2 Å². The topological polar surface area (TPSA) is 153 Å². The van der Waals surface area contributed by atoms with Gasteiger partial charge in [-0.15, -0.1) is 22.7 Å². The van der Waals surface area contributed by atoms with Crippen LogP contribution in [-0.2, 0) is 41.4 Å². The molecule has 0 saturated carbocycles. The van der Waals surface area contributed by atoms with E-state index in [0.29, 0.717) is 58.1 Å². The highest BCUT2D eigenvalue weighted by Crippen LogP contribution is 2.39. The molecule has 67 heavy (non-hydrogen) atoms. The van der Waals surface area contributed by atoms with E-state index in [1.165, 1.54) is 24.0 Å².